The van der Waals surface area contributed by atoms with E-state index in [4.69, 9.17) is 10.8 Å². The number of nitrogen functional groups attached to an aromatic ring is 1. The Bertz CT molecular complexity index is 568. The summed E-state index contributed by atoms with van der Waals surface area (Å²) >= 11 is 0. The second-order valence-corrected chi connectivity index (χ2v) is 6.27. The molecule has 18 heavy (non-hydrogen) atoms. The van der Waals surface area contributed by atoms with Gasteiger partial charge in [-0.2, -0.15) is 0 Å². The highest BCUT2D eigenvalue weighted by Crippen LogP contribution is 2.25. The largest absolute Gasteiger partial charge is 0.396 e. The van der Waals surface area contributed by atoms with Crippen molar-refractivity contribution in [3.63, 3.8) is 0 Å². The molecule has 1 aromatic rings. The Morgan fingerprint density at radius 1 is 1.44 bits per heavy atom. The summed E-state index contributed by atoms with van der Waals surface area (Å²) in [5, 5.41) is 9.12. The fraction of sp³-hybridized carbons (Fsp3) is 0.455. The molecule has 7 heteroatoms. The van der Waals surface area contributed by atoms with Crippen LogP contribution in [0.4, 0.5) is 10.1 Å². The van der Waals surface area contributed by atoms with Crippen LogP contribution in [0.5, 0.6) is 0 Å². The van der Waals surface area contributed by atoms with Crippen LogP contribution < -0.4 is 10.5 Å². The van der Waals surface area contributed by atoms with Gasteiger partial charge in [0.1, 0.15) is 5.82 Å². The van der Waals surface area contributed by atoms with E-state index in [1.807, 2.05) is 0 Å². The molecule has 0 atom stereocenters. The molecule has 0 spiro atoms. The van der Waals surface area contributed by atoms with Gasteiger partial charge in [-0.3, -0.25) is 0 Å². The normalized spacial score (nSPS) is 23.7. The number of sulfonamides is 1. The molecule has 0 amide bonds. The van der Waals surface area contributed by atoms with Gasteiger partial charge in [0.05, 0.1) is 16.7 Å². The van der Waals surface area contributed by atoms with Gasteiger partial charge in [-0.1, -0.05) is 0 Å². The fourth-order valence-corrected chi connectivity index (χ4v) is 3.45. The number of anilines is 1. The number of aliphatic hydroxyl groups is 1. The summed E-state index contributed by atoms with van der Waals surface area (Å²) < 4.78 is 39.7. The van der Waals surface area contributed by atoms with E-state index in [1.165, 1.54) is 6.92 Å². The molecule has 0 heterocycles. The highest BCUT2D eigenvalue weighted by Gasteiger charge is 2.32. The molecule has 5 nitrogen and oxygen atoms in total. The van der Waals surface area contributed by atoms with E-state index in [1.54, 1.807) is 0 Å². The van der Waals surface area contributed by atoms with Crippen LogP contribution in [0.25, 0.3) is 0 Å². The van der Waals surface area contributed by atoms with Gasteiger partial charge in [-0.05, 0) is 37.5 Å². The molecular formula is C11H15FN2O3S. The molecular weight excluding hydrogens is 259 g/mol. The first-order chi connectivity index (χ1) is 8.29. The van der Waals surface area contributed by atoms with Crippen molar-refractivity contribution in [3.8, 4) is 0 Å². The SMILES string of the molecule is Cc1cc(F)c(N)cc1S(=O)(=O)NC1CC(O)C1. The smallest absolute Gasteiger partial charge is 0.241 e. The molecule has 1 aliphatic rings. The molecule has 1 fully saturated rings. The monoisotopic (exact) mass is 274 g/mol. The van der Waals surface area contributed by atoms with E-state index >= 15 is 0 Å². The Kier molecular flexibility index (Phi) is 3.31. The summed E-state index contributed by atoms with van der Waals surface area (Å²) in [7, 11) is -3.72. The average molecular weight is 274 g/mol. The lowest BCUT2D eigenvalue weighted by Gasteiger charge is -2.31. The lowest BCUT2D eigenvalue weighted by Crippen LogP contribution is -2.46. The third-order valence-electron chi connectivity index (χ3n) is 3.02. The van der Waals surface area contributed by atoms with Crippen LogP contribution in [-0.4, -0.2) is 25.7 Å². The number of nitrogens with two attached hydrogens (primary N) is 1. The number of hydrogen-bond donors (Lipinski definition) is 3. The van der Waals surface area contributed by atoms with Gasteiger partial charge >= 0.3 is 0 Å². The maximum Gasteiger partial charge on any atom is 0.241 e. The van der Waals surface area contributed by atoms with Crippen molar-refractivity contribution in [2.45, 2.75) is 36.8 Å². The van der Waals surface area contributed by atoms with Crippen molar-refractivity contribution >= 4 is 15.7 Å². The summed E-state index contributed by atoms with van der Waals surface area (Å²) in [6.45, 7) is 1.51. The van der Waals surface area contributed by atoms with Crippen molar-refractivity contribution < 1.29 is 17.9 Å². The standard InChI is InChI=1S/C11H15FN2O3S/c1-6-2-9(12)10(13)5-11(6)18(16,17)14-7-3-8(15)4-7/h2,5,7-8,14-15H,3-4,13H2,1H3. The molecule has 2 rings (SSSR count). The topological polar surface area (TPSA) is 92.4 Å². The number of aliphatic hydroxyl groups excluding tert-OH is 1. The number of benzene rings is 1. The van der Waals surface area contributed by atoms with Gasteiger partial charge in [-0.25, -0.2) is 17.5 Å². The lowest BCUT2D eigenvalue weighted by atomic mass is 9.91. The van der Waals surface area contributed by atoms with Gasteiger partial charge in [0.2, 0.25) is 10.0 Å². The summed E-state index contributed by atoms with van der Waals surface area (Å²) in [4.78, 5) is -0.0252. The molecule has 0 unspecified atom stereocenters. The van der Waals surface area contributed by atoms with E-state index in [2.05, 4.69) is 4.72 Å². The van der Waals surface area contributed by atoms with Crippen LogP contribution in [0.15, 0.2) is 17.0 Å². The zero-order valence-electron chi connectivity index (χ0n) is 9.85. The summed E-state index contributed by atoms with van der Waals surface area (Å²) in [5.41, 5.74) is 5.48. The highest BCUT2D eigenvalue weighted by molar-refractivity contribution is 7.89. The van der Waals surface area contributed by atoms with E-state index in [9.17, 15) is 12.8 Å². The van der Waals surface area contributed by atoms with E-state index in [0.29, 0.717) is 18.4 Å². The molecule has 4 N–H and O–H groups in total. The highest BCUT2D eigenvalue weighted by atomic mass is 32.2. The van der Waals surface area contributed by atoms with E-state index < -0.39 is 21.9 Å². The maximum atomic E-state index is 13.2. The maximum absolute atomic E-state index is 13.2. The van der Waals surface area contributed by atoms with Gasteiger partial charge in [-0.15, -0.1) is 0 Å². The first-order valence-corrected chi connectivity index (χ1v) is 7.04. The van der Waals surface area contributed by atoms with Crippen molar-refractivity contribution in [2.75, 3.05) is 5.73 Å². The van der Waals surface area contributed by atoms with Gasteiger partial charge in [0.25, 0.3) is 0 Å². The molecule has 0 bridgehead atoms. The summed E-state index contributed by atoms with van der Waals surface area (Å²) in [5.74, 6) is -0.634. The van der Waals surface area contributed by atoms with Gasteiger partial charge in [0, 0.05) is 6.04 Å². The number of hydrogen-bond acceptors (Lipinski definition) is 4. The average Bonchev–Trinajstić information content (AvgIpc) is 2.20. The minimum absolute atomic E-state index is 0.0252. The number of halogens is 1. The van der Waals surface area contributed by atoms with Crippen LogP contribution in [0, 0.1) is 12.7 Å². The number of rotatable bonds is 3. The molecule has 1 aliphatic carbocycles. The Labute approximate surface area is 105 Å². The van der Waals surface area contributed by atoms with Gasteiger partial charge < -0.3 is 10.8 Å². The number of nitrogens with one attached hydrogen (secondary N) is 1. The minimum Gasteiger partial charge on any atom is -0.396 e. The Balaban J connectivity index is 2.27. The molecule has 0 aliphatic heterocycles. The third kappa shape index (κ3) is 2.47. The van der Waals surface area contributed by atoms with Crippen molar-refractivity contribution in [1.29, 1.82) is 0 Å². The number of aryl methyl sites for hydroxylation is 1. The van der Waals surface area contributed by atoms with E-state index in [0.717, 1.165) is 12.1 Å². The second kappa shape index (κ2) is 4.49. The van der Waals surface area contributed by atoms with Crippen LogP contribution in [0.3, 0.4) is 0 Å². The summed E-state index contributed by atoms with van der Waals surface area (Å²) in [6, 6.07) is 1.94. The predicted octanol–water partition coefficient (Wildman–Crippen LogP) is 0.518. The Morgan fingerprint density at radius 3 is 2.61 bits per heavy atom. The fourth-order valence-electron chi connectivity index (χ4n) is 1.93. The van der Waals surface area contributed by atoms with Crippen LogP contribution >= 0.6 is 0 Å². The molecule has 1 saturated carbocycles. The van der Waals surface area contributed by atoms with Crippen molar-refractivity contribution in [3.05, 3.63) is 23.5 Å². The molecule has 0 saturated heterocycles. The molecule has 1 aromatic carbocycles. The Morgan fingerprint density at radius 2 is 2.06 bits per heavy atom. The zero-order valence-corrected chi connectivity index (χ0v) is 10.7. The van der Waals surface area contributed by atoms with Crippen molar-refractivity contribution in [2.24, 2.45) is 0 Å². The first-order valence-electron chi connectivity index (χ1n) is 5.55. The molecule has 100 valence electrons. The van der Waals surface area contributed by atoms with Crippen LogP contribution in [-0.2, 0) is 10.0 Å². The third-order valence-corrected chi connectivity index (χ3v) is 4.68. The summed E-state index contributed by atoms with van der Waals surface area (Å²) in [6.07, 6.45) is 0.348. The minimum atomic E-state index is -3.72. The van der Waals surface area contributed by atoms with Crippen LogP contribution in [0.1, 0.15) is 18.4 Å². The Hall–Kier alpha value is -1.18. The van der Waals surface area contributed by atoms with Crippen LogP contribution in [0.2, 0.25) is 0 Å². The van der Waals surface area contributed by atoms with Gasteiger partial charge in [0.15, 0.2) is 0 Å². The predicted molar refractivity (Wildman–Crippen MR) is 64.9 cm³/mol. The quantitative estimate of drug-likeness (QED) is 0.701. The second-order valence-electron chi connectivity index (χ2n) is 4.58. The van der Waals surface area contributed by atoms with Crippen molar-refractivity contribution in [1.82, 2.24) is 4.72 Å². The van der Waals surface area contributed by atoms with E-state index in [-0.39, 0.29) is 16.6 Å². The lowest BCUT2D eigenvalue weighted by molar-refractivity contribution is 0.0712. The molecule has 0 radical (unpaired) electrons. The molecule has 0 aromatic heterocycles. The first kappa shape index (κ1) is 13.3. The zero-order chi connectivity index (χ0) is 13.5.